The zero-order valence-corrected chi connectivity index (χ0v) is 76.8. The van der Waals surface area contributed by atoms with Crippen molar-refractivity contribution in [1.29, 1.82) is 5.26 Å². The van der Waals surface area contributed by atoms with Crippen molar-refractivity contribution in [2.75, 3.05) is 53.0 Å². The molecule has 10 N–H and O–H groups in total. The molecule has 11 aromatic rings. The number of carbonyl (C=O) groups excluding carboxylic acids is 4. The molecule has 0 amide bonds. The Hall–Kier alpha value is -12.7. The molecule has 0 spiro atoms. The molecule has 0 radical (unpaired) electrons. The molecule has 0 bridgehead atoms. The molecule has 31 nitrogen and oxygen atoms in total. The smallest absolute Gasteiger partial charge is 0.336 e. The summed E-state index contributed by atoms with van der Waals surface area (Å²) in [6.45, 7) is 28.3. The Labute approximate surface area is 764 Å². The SMILES string of the molecule is CCCC1=C(C(=O)OCC)C(c2cccc(Br)c2Br)c2cn[nH]c2N1.CCCC1=C(C(=O)OCC)C(c2cccc(C#N)c2Cl)c2cn[nH]c2N1.CCCC1=C(C(=O)OCC)C(c2cccc(C)c2Cl)c2cn[nH]c2N1.CCCC1=C(C(=O)OCC)C(c2cccc([N+](=O)[O-])c2Cl)c2cn[nH]c2N1.[C-]#[N+]C1=C(CCCC)Nc2[nH]ncc2C1c1cccc2nonc12. The summed E-state index contributed by atoms with van der Waals surface area (Å²) in [4.78, 5) is 65.9. The van der Waals surface area contributed by atoms with Gasteiger partial charge in [0, 0.05) is 100 Å². The minimum atomic E-state index is -0.618. The van der Waals surface area contributed by atoms with Gasteiger partial charge in [0.15, 0.2) is 5.70 Å². The number of nitro groups is 1. The molecule has 5 aromatic carbocycles. The third-order valence-corrected chi connectivity index (χ3v) is 25.1. The van der Waals surface area contributed by atoms with E-state index in [1.54, 1.807) is 69.1 Å². The van der Waals surface area contributed by atoms with Crippen molar-refractivity contribution in [1.82, 2.24) is 61.3 Å². The van der Waals surface area contributed by atoms with Crippen LogP contribution in [0, 0.1) is 34.9 Å². The van der Waals surface area contributed by atoms with Gasteiger partial charge in [-0.05, 0) is 167 Å². The predicted octanol–water partition coefficient (Wildman–Crippen LogP) is 21.7. The van der Waals surface area contributed by atoms with Gasteiger partial charge in [0.25, 0.3) is 5.69 Å². The van der Waals surface area contributed by atoms with Crippen LogP contribution in [0.15, 0.2) is 192 Å². The van der Waals surface area contributed by atoms with E-state index >= 15 is 0 Å². The van der Waals surface area contributed by atoms with E-state index in [2.05, 4.69) is 151 Å². The lowest BCUT2D eigenvalue weighted by Gasteiger charge is -2.29. The fourth-order valence-corrected chi connectivity index (χ4v) is 17.8. The van der Waals surface area contributed by atoms with Gasteiger partial charge in [-0.2, -0.15) is 30.8 Å². The highest BCUT2D eigenvalue weighted by molar-refractivity contribution is 9.13. The summed E-state index contributed by atoms with van der Waals surface area (Å²) < 4.78 is 28.1. The number of hydrogen-bond acceptors (Lipinski definition) is 24. The minimum Gasteiger partial charge on any atom is -0.463 e. The second-order valence-corrected chi connectivity index (χ2v) is 32.5. The first-order chi connectivity index (χ1) is 61.6. The van der Waals surface area contributed by atoms with Crippen LogP contribution in [0.4, 0.5) is 34.8 Å². The fourth-order valence-electron chi connectivity index (χ4n) is 16.1. The number of carbonyl (C=O) groups is 4. The average Bonchev–Trinajstić information content (AvgIpc) is 1.74. The van der Waals surface area contributed by atoms with E-state index in [4.69, 9.17) is 65.0 Å². The number of rotatable bonds is 25. The van der Waals surface area contributed by atoms with E-state index in [-0.39, 0.29) is 53.6 Å². The Balaban J connectivity index is 0.000000144. The van der Waals surface area contributed by atoms with Gasteiger partial charge >= 0.3 is 23.9 Å². The highest BCUT2D eigenvalue weighted by atomic mass is 79.9. The number of ether oxygens (including phenoxy) is 4. The van der Waals surface area contributed by atoms with Gasteiger partial charge in [-0.15, -0.1) is 0 Å². The summed E-state index contributed by atoms with van der Waals surface area (Å²) in [5.41, 5.74) is 17.7. The first-order valence-corrected chi connectivity index (χ1v) is 44.6. The van der Waals surface area contributed by atoms with Gasteiger partial charge < -0.3 is 45.5 Å². The van der Waals surface area contributed by atoms with Crippen LogP contribution in [0.3, 0.4) is 0 Å². The molecule has 127 heavy (non-hydrogen) atoms. The number of H-pyrrole nitrogens is 5. The van der Waals surface area contributed by atoms with Crippen LogP contribution in [0.2, 0.25) is 15.1 Å². The molecular formula is C91H95Br2Cl3N20O11. The van der Waals surface area contributed by atoms with Crippen LogP contribution in [-0.4, -0.2) is 117 Å². The lowest BCUT2D eigenvalue weighted by Crippen LogP contribution is -2.25. The van der Waals surface area contributed by atoms with Crippen molar-refractivity contribution in [3.8, 4) is 6.07 Å². The minimum absolute atomic E-state index is 0.000744. The summed E-state index contributed by atoms with van der Waals surface area (Å²) in [6.07, 6.45) is 17.7. The number of benzene rings is 5. The Morgan fingerprint density at radius 1 is 0.465 bits per heavy atom. The highest BCUT2D eigenvalue weighted by Crippen LogP contribution is 2.52. The molecule has 6 aromatic heterocycles. The number of nitriles is 1. The molecule has 5 unspecified atom stereocenters. The van der Waals surface area contributed by atoms with Crippen molar-refractivity contribution < 1.29 is 47.7 Å². The number of anilines is 5. The Morgan fingerprint density at radius 3 is 1.23 bits per heavy atom. The third kappa shape index (κ3) is 20.0. The van der Waals surface area contributed by atoms with Crippen molar-refractivity contribution in [3.05, 3.63) is 291 Å². The van der Waals surface area contributed by atoms with E-state index in [1.807, 2.05) is 95.3 Å². The monoisotopic (exact) mass is 1910 g/mol. The number of allylic oxidation sites excluding steroid dienone is 6. The molecule has 5 aliphatic rings. The standard InChI is InChI=1S/C19H19ClN4O2.C19H22ClN3O2.C18H19Br2N3O2.C18H19ClN4O4.C17H16N6O/c1-3-6-14-16(19(25)26-4-2)15(13-10-22-24-18(13)23-14)12-8-5-7-11(9-21)17(12)20;1-4-7-14-16(19(24)25-5-2)15(13-10-21-23-18(13)22-14)12-9-6-8-11(3)17(12)20;1-3-6-13-15(18(24)25-4-2)14(11-9-21-23-17(11)22-13)10-7-5-8-12(19)16(10)20;1-3-6-12-15(18(24)27-4-2)14(11-9-20-22-17(11)21-12)10-7-5-8-13(16(10)19)23(25)26;1-3-4-7-12-16(18-2)14(11-9-19-21-17(11)20-12)10-6-5-8-13-15(10)23-24-22-13/h5,7-8,10,15H,3-4,6H2,1-2H3,(H2,22,23,24);6,8-10,15H,4-5,7H2,1-3H3,(H2,21,22,23);5,7-9,14H,3-4,6H2,1-2H3,(H2,21,22,23);5,7-9,14H,3-4,6H2,1-2H3,(H2,20,21,22);5-6,8-9,14H,3-4,7H2,1H3,(H2,19,20,21). The lowest BCUT2D eigenvalue weighted by atomic mass is 9.81. The topological polar surface area (TPSA) is 419 Å². The van der Waals surface area contributed by atoms with Gasteiger partial charge in [0.2, 0.25) is 0 Å². The lowest BCUT2D eigenvalue weighted by molar-refractivity contribution is -0.384. The maximum absolute atomic E-state index is 12.8. The molecule has 0 saturated heterocycles. The Bertz CT molecular complexity index is 6020. The molecule has 0 aliphatic carbocycles. The summed E-state index contributed by atoms with van der Waals surface area (Å²) in [5, 5.41) is 81.5. The summed E-state index contributed by atoms with van der Waals surface area (Å²) in [5.74, 6) is 0.523. The predicted molar refractivity (Wildman–Crippen MR) is 492 cm³/mol. The summed E-state index contributed by atoms with van der Waals surface area (Å²) in [6, 6.07) is 29.5. The first kappa shape index (κ1) is 93.5. The summed E-state index contributed by atoms with van der Waals surface area (Å²) >= 11 is 26.7. The Morgan fingerprint density at radius 2 is 0.827 bits per heavy atom. The van der Waals surface area contributed by atoms with Gasteiger partial charge in [-0.3, -0.25) is 35.6 Å². The number of aromatic nitrogens is 12. The van der Waals surface area contributed by atoms with Crippen molar-refractivity contribution in [3.63, 3.8) is 0 Å². The van der Waals surface area contributed by atoms with E-state index in [0.29, 0.717) is 109 Å². The molecule has 660 valence electrons. The van der Waals surface area contributed by atoms with E-state index in [9.17, 15) is 34.6 Å². The number of nitrogens with one attached hydrogen (secondary N) is 10. The van der Waals surface area contributed by atoms with Crippen LogP contribution >= 0.6 is 66.7 Å². The van der Waals surface area contributed by atoms with Crippen LogP contribution in [-0.2, 0) is 38.1 Å². The highest BCUT2D eigenvalue weighted by Gasteiger charge is 2.43. The molecule has 11 heterocycles. The zero-order chi connectivity index (χ0) is 90.7. The number of hydrogen-bond donors (Lipinski definition) is 10. The average molecular weight is 1910 g/mol. The molecule has 16 rings (SSSR count). The quantitative estimate of drug-likeness (QED) is 0.00835. The third-order valence-electron chi connectivity index (χ3n) is 21.6. The number of nitro benzene ring substituents is 1. The van der Waals surface area contributed by atoms with Crippen LogP contribution in [0.1, 0.15) is 229 Å². The first-order valence-electron chi connectivity index (χ1n) is 41.8. The number of halogens is 5. The normalized spacial score (nSPS) is 16.2. The van der Waals surface area contributed by atoms with Crippen LogP contribution < -0.4 is 26.6 Å². The van der Waals surface area contributed by atoms with Crippen LogP contribution in [0.5, 0.6) is 0 Å². The molecule has 5 aliphatic heterocycles. The number of aryl methyl sites for hydroxylation is 1. The van der Waals surface area contributed by atoms with Crippen LogP contribution in [0.25, 0.3) is 15.9 Å². The number of aromatic amines is 5. The Kier molecular flexibility index (Phi) is 32.0. The van der Waals surface area contributed by atoms with Crippen molar-refractivity contribution >= 4 is 136 Å². The number of nitrogens with zero attached hydrogens (tertiary/aromatic N) is 10. The molecule has 0 fully saturated rings. The number of esters is 4. The summed E-state index contributed by atoms with van der Waals surface area (Å²) in [7, 11) is 0. The zero-order valence-electron chi connectivity index (χ0n) is 71.4. The van der Waals surface area contributed by atoms with Crippen molar-refractivity contribution in [2.45, 2.75) is 169 Å². The molecular weight excluding hydrogens is 1820 g/mol. The van der Waals surface area contributed by atoms with E-state index in [1.165, 1.54) is 6.07 Å². The number of unbranched alkanes of at least 4 members (excludes halogenated alkanes) is 1. The number of fused-ring (bicyclic) bond motifs is 6. The van der Waals surface area contributed by atoms with Gasteiger partial charge in [-0.25, -0.2) is 28.7 Å². The van der Waals surface area contributed by atoms with Gasteiger partial charge in [0.1, 0.15) is 51.2 Å². The van der Waals surface area contributed by atoms with Crippen molar-refractivity contribution in [2.24, 2.45) is 0 Å². The maximum atomic E-state index is 12.8. The second kappa shape index (κ2) is 43.5. The van der Waals surface area contributed by atoms with E-state index < -0.39 is 28.7 Å². The largest absolute Gasteiger partial charge is 0.463 e. The maximum Gasteiger partial charge on any atom is 0.336 e. The molecule has 36 heteroatoms. The fraction of sp³-hybridized carbons (Fsp3) is 0.330. The van der Waals surface area contributed by atoms with Gasteiger partial charge in [-0.1, -0.05) is 168 Å². The molecule has 5 atom stereocenters. The molecule has 0 saturated carbocycles. The van der Waals surface area contributed by atoms with E-state index in [0.717, 1.165) is 157 Å². The van der Waals surface area contributed by atoms with Gasteiger partial charge in [0.05, 0.1) is 108 Å². The second-order valence-electron chi connectivity index (χ2n) is 29.7.